The molecule has 1 aliphatic rings. The maximum Gasteiger partial charge on any atom is 0.252 e. The third-order valence-electron chi connectivity index (χ3n) is 6.26. The molecule has 1 aromatic rings. The smallest absolute Gasteiger partial charge is 0.252 e. The van der Waals surface area contributed by atoms with Gasteiger partial charge in [-0.1, -0.05) is 69.7 Å². The number of nitrogens with one attached hydrogen (secondary N) is 1. The number of hydrogen-bond donors (Lipinski definition) is 4. The lowest BCUT2D eigenvalue weighted by atomic mass is 9.92. The van der Waals surface area contributed by atoms with Gasteiger partial charge in [0.1, 0.15) is 6.04 Å². The first-order valence-corrected chi connectivity index (χ1v) is 11.6. The summed E-state index contributed by atoms with van der Waals surface area (Å²) in [5.74, 6) is -1.47. The molecule has 2 unspecified atom stereocenters. The van der Waals surface area contributed by atoms with Crippen molar-refractivity contribution >= 4 is 11.8 Å². The summed E-state index contributed by atoms with van der Waals surface area (Å²) < 4.78 is 0. The quantitative estimate of drug-likeness (QED) is 0.411. The summed E-state index contributed by atoms with van der Waals surface area (Å²) in [7, 11) is 0. The fraction of sp³-hybridized carbons (Fsp3) is 0.600. The maximum absolute atomic E-state index is 13.0. The molecule has 1 fully saturated rings. The van der Waals surface area contributed by atoms with Crippen molar-refractivity contribution in [3.8, 4) is 0 Å². The van der Waals surface area contributed by atoms with Gasteiger partial charge >= 0.3 is 0 Å². The van der Waals surface area contributed by atoms with Crippen LogP contribution in [0.5, 0.6) is 0 Å². The van der Waals surface area contributed by atoms with E-state index in [4.69, 9.17) is 0 Å². The number of aliphatic hydroxyl groups is 3. The van der Waals surface area contributed by atoms with E-state index >= 15 is 0 Å². The lowest BCUT2D eigenvalue weighted by molar-refractivity contribution is -0.144. The van der Waals surface area contributed by atoms with Gasteiger partial charge in [0.15, 0.2) is 6.10 Å². The van der Waals surface area contributed by atoms with E-state index in [0.717, 1.165) is 24.8 Å². The van der Waals surface area contributed by atoms with Crippen molar-refractivity contribution in [2.75, 3.05) is 6.54 Å². The van der Waals surface area contributed by atoms with Gasteiger partial charge in [0.25, 0.3) is 5.91 Å². The molecule has 0 aromatic heterocycles. The third-order valence-corrected chi connectivity index (χ3v) is 6.26. The van der Waals surface area contributed by atoms with E-state index in [1.807, 2.05) is 50.3 Å². The number of aliphatic hydroxyl groups excluding tert-OH is 3. The van der Waals surface area contributed by atoms with Gasteiger partial charge < -0.3 is 25.5 Å². The van der Waals surface area contributed by atoms with Crippen LogP contribution in [-0.4, -0.2) is 62.9 Å². The van der Waals surface area contributed by atoms with Crippen molar-refractivity contribution in [3.63, 3.8) is 0 Å². The Morgan fingerprint density at radius 3 is 2.50 bits per heavy atom. The first kappa shape index (κ1) is 26.0. The van der Waals surface area contributed by atoms with Crippen LogP contribution in [0, 0.1) is 11.8 Å². The van der Waals surface area contributed by atoms with Crippen LogP contribution in [0.1, 0.15) is 52.0 Å². The van der Waals surface area contributed by atoms with E-state index in [-0.39, 0.29) is 11.8 Å². The number of carbonyl (C=O) groups excluding carboxylic acids is 2. The Hall–Kier alpha value is -2.22. The van der Waals surface area contributed by atoms with Gasteiger partial charge in [-0.3, -0.25) is 9.59 Å². The SMILES string of the molecule is CCC(C)/C=C/[C@@H](O)[C@H](C)[C@@H](O)C(O)C(=O)N[C@H]1CCCCN(Cc2ccccc2)C1=O. The highest BCUT2D eigenvalue weighted by Gasteiger charge is 2.35. The molecule has 1 saturated heterocycles. The molecular weight excluding hydrogens is 408 g/mol. The molecule has 0 aliphatic carbocycles. The zero-order chi connectivity index (χ0) is 23.7. The Balaban J connectivity index is 1.97. The Labute approximate surface area is 191 Å². The van der Waals surface area contributed by atoms with Crippen LogP contribution in [0.25, 0.3) is 0 Å². The van der Waals surface area contributed by atoms with E-state index < -0.39 is 36.2 Å². The third kappa shape index (κ3) is 7.43. The summed E-state index contributed by atoms with van der Waals surface area (Å²) in [6, 6.07) is 8.91. The predicted octanol–water partition coefficient (Wildman–Crippen LogP) is 2.00. The van der Waals surface area contributed by atoms with Gasteiger partial charge in [-0.05, 0) is 30.7 Å². The van der Waals surface area contributed by atoms with E-state index in [2.05, 4.69) is 5.32 Å². The summed E-state index contributed by atoms with van der Waals surface area (Å²) >= 11 is 0. The van der Waals surface area contributed by atoms with Gasteiger partial charge in [0.05, 0.1) is 12.2 Å². The number of carbonyl (C=O) groups is 2. The van der Waals surface area contributed by atoms with Gasteiger partial charge in [-0.15, -0.1) is 0 Å². The number of nitrogens with zero attached hydrogens (tertiary/aromatic N) is 1. The van der Waals surface area contributed by atoms with Gasteiger partial charge in [0, 0.05) is 19.0 Å². The first-order valence-electron chi connectivity index (χ1n) is 11.6. The van der Waals surface area contributed by atoms with Crippen LogP contribution in [0.3, 0.4) is 0 Å². The molecule has 4 N–H and O–H groups in total. The number of benzene rings is 1. The largest absolute Gasteiger partial charge is 0.389 e. The van der Waals surface area contributed by atoms with E-state index in [1.54, 1.807) is 17.9 Å². The van der Waals surface area contributed by atoms with Gasteiger partial charge in [-0.2, -0.15) is 0 Å². The monoisotopic (exact) mass is 446 g/mol. The molecule has 0 radical (unpaired) electrons. The zero-order valence-corrected chi connectivity index (χ0v) is 19.4. The molecule has 0 spiro atoms. The fourth-order valence-corrected chi connectivity index (χ4v) is 3.72. The van der Waals surface area contributed by atoms with Crippen LogP contribution >= 0.6 is 0 Å². The molecule has 7 nitrogen and oxygen atoms in total. The Morgan fingerprint density at radius 2 is 1.84 bits per heavy atom. The lowest BCUT2D eigenvalue weighted by Gasteiger charge is -2.28. The Kier molecular flexibility index (Phi) is 10.4. The summed E-state index contributed by atoms with van der Waals surface area (Å²) in [4.78, 5) is 27.4. The Morgan fingerprint density at radius 1 is 1.16 bits per heavy atom. The van der Waals surface area contributed by atoms with E-state index in [9.17, 15) is 24.9 Å². The molecule has 0 bridgehead atoms. The van der Waals surface area contributed by atoms with E-state index in [0.29, 0.717) is 19.5 Å². The van der Waals surface area contributed by atoms with Crippen LogP contribution < -0.4 is 5.32 Å². The highest BCUT2D eigenvalue weighted by molar-refractivity contribution is 5.89. The Bertz CT molecular complexity index is 754. The van der Waals surface area contributed by atoms with E-state index in [1.165, 1.54) is 0 Å². The van der Waals surface area contributed by atoms with Crippen molar-refractivity contribution in [1.82, 2.24) is 10.2 Å². The number of amides is 2. The number of likely N-dealkylation sites (tertiary alicyclic amines) is 1. The molecule has 0 saturated carbocycles. The molecule has 178 valence electrons. The van der Waals surface area contributed by atoms with Crippen LogP contribution in [0.15, 0.2) is 42.5 Å². The maximum atomic E-state index is 13.0. The lowest BCUT2D eigenvalue weighted by Crippen LogP contribution is -2.53. The summed E-state index contributed by atoms with van der Waals surface area (Å²) in [6.45, 7) is 6.69. The summed E-state index contributed by atoms with van der Waals surface area (Å²) in [5.41, 5.74) is 1.01. The standard InChI is InChI=1S/C25H38N2O5/c1-4-17(2)13-14-21(28)18(3)22(29)23(30)24(31)26-20-12-8-9-15-27(25(20)32)16-19-10-6-5-7-11-19/h5-7,10-11,13-14,17-18,20-23,28-30H,4,8-9,12,15-16H2,1-3H3,(H,26,31)/b14-13+/t17?,18-,20-,21+,22+,23?/m0/s1. The number of hydrogen-bond acceptors (Lipinski definition) is 5. The van der Waals surface area contributed by atoms with Crippen LogP contribution in [0.2, 0.25) is 0 Å². The normalized spacial score (nSPS) is 22.1. The molecule has 2 amide bonds. The van der Waals surface area contributed by atoms with Crippen LogP contribution in [0.4, 0.5) is 0 Å². The summed E-state index contributed by atoms with van der Waals surface area (Å²) in [5, 5.41) is 33.7. The van der Waals surface area contributed by atoms with Crippen LogP contribution in [-0.2, 0) is 16.1 Å². The average molecular weight is 447 g/mol. The van der Waals surface area contributed by atoms with Crippen molar-refractivity contribution < 1.29 is 24.9 Å². The molecule has 1 aromatic carbocycles. The highest BCUT2D eigenvalue weighted by atomic mass is 16.3. The predicted molar refractivity (Wildman–Crippen MR) is 123 cm³/mol. The molecule has 2 rings (SSSR count). The minimum absolute atomic E-state index is 0.189. The van der Waals surface area contributed by atoms with Crippen molar-refractivity contribution in [2.24, 2.45) is 11.8 Å². The first-order chi connectivity index (χ1) is 15.2. The van der Waals surface area contributed by atoms with Gasteiger partial charge in [-0.25, -0.2) is 0 Å². The minimum Gasteiger partial charge on any atom is -0.389 e. The second-order valence-electron chi connectivity index (χ2n) is 8.86. The minimum atomic E-state index is -1.74. The summed E-state index contributed by atoms with van der Waals surface area (Å²) in [6.07, 6.45) is 2.24. The fourth-order valence-electron chi connectivity index (χ4n) is 3.72. The number of allylic oxidation sites excluding steroid dienone is 1. The van der Waals surface area contributed by atoms with Gasteiger partial charge in [0.2, 0.25) is 5.91 Å². The second kappa shape index (κ2) is 12.7. The molecule has 1 heterocycles. The van der Waals surface area contributed by atoms with Crippen molar-refractivity contribution in [1.29, 1.82) is 0 Å². The number of rotatable bonds is 10. The molecule has 1 aliphatic heterocycles. The zero-order valence-electron chi connectivity index (χ0n) is 19.4. The highest BCUT2D eigenvalue weighted by Crippen LogP contribution is 2.18. The average Bonchev–Trinajstić information content (AvgIpc) is 2.97. The molecular formula is C25H38N2O5. The molecule has 6 atom stereocenters. The topological polar surface area (TPSA) is 110 Å². The molecule has 32 heavy (non-hydrogen) atoms. The van der Waals surface area contributed by atoms with Crippen molar-refractivity contribution in [2.45, 2.75) is 77.4 Å². The second-order valence-corrected chi connectivity index (χ2v) is 8.86. The molecule has 7 heteroatoms. The van der Waals surface area contributed by atoms with Crippen molar-refractivity contribution in [3.05, 3.63) is 48.0 Å².